The van der Waals surface area contributed by atoms with Gasteiger partial charge in [0.15, 0.2) is 0 Å². The lowest BCUT2D eigenvalue weighted by Crippen LogP contribution is -2.33. The second kappa shape index (κ2) is 8.82. The molecule has 2 aliphatic heterocycles. The molecular weight excluding hydrogens is 402 g/mol. The van der Waals surface area contributed by atoms with Gasteiger partial charge in [-0.3, -0.25) is 0 Å². The largest absolute Gasteiger partial charge is 0.371 e. The van der Waals surface area contributed by atoms with Crippen molar-refractivity contribution in [3.8, 4) is 0 Å². The highest BCUT2D eigenvalue weighted by Gasteiger charge is 2.26. The minimum atomic E-state index is 0.910. The Morgan fingerprint density at radius 2 is 1.73 bits per heavy atom. The zero-order valence-electron chi connectivity index (χ0n) is 19.8. The summed E-state index contributed by atoms with van der Waals surface area (Å²) in [5.41, 5.74) is 8.25. The second-order valence-corrected chi connectivity index (χ2v) is 9.05. The maximum absolute atomic E-state index is 4.49. The molecule has 1 fully saturated rings. The van der Waals surface area contributed by atoms with Gasteiger partial charge in [0.05, 0.1) is 5.69 Å². The molecule has 3 aromatic rings. The van der Waals surface area contributed by atoms with E-state index in [0.29, 0.717) is 0 Å². The zero-order valence-corrected chi connectivity index (χ0v) is 19.8. The quantitative estimate of drug-likeness (QED) is 0.422. The average molecular weight is 436 g/mol. The Hall–Kier alpha value is -3.46. The molecule has 0 amide bonds. The molecule has 3 heteroatoms. The first kappa shape index (κ1) is 21.4. The van der Waals surface area contributed by atoms with Crippen LogP contribution in [0, 0.1) is 0 Å². The van der Waals surface area contributed by atoms with Crippen LogP contribution in [0.5, 0.6) is 0 Å². The molecule has 1 saturated heterocycles. The molecule has 0 aliphatic carbocycles. The van der Waals surface area contributed by atoms with E-state index in [1.807, 2.05) is 0 Å². The van der Waals surface area contributed by atoms with E-state index < -0.39 is 0 Å². The van der Waals surface area contributed by atoms with Gasteiger partial charge < -0.3 is 14.7 Å². The van der Waals surface area contributed by atoms with Crippen LogP contribution in [0.4, 0.5) is 11.4 Å². The summed E-state index contributed by atoms with van der Waals surface area (Å²) in [7, 11) is 2.12. The maximum Gasteiger partial charge on any atom is 0.0506 e. The number of rotatable bonds is 5. The predicted octanol–water partition coefficient (Wildman–Crippen LogP) is 7.13. The summed E-state index contributed by atoms with van der Waals surface area (Å²) >= 11 is 0. The molecule has 2 aliphatic rings. The van der Waals surface area contributed by atoms with Gasteiger partial charge in [-0.1, -0.05) is 55.6 Å². The lowest BCUT2D eigenvalue weighted by atomic mass is 9.98. The lowest BCUT2D eigenvalue weighted by molar-refractivity contribution is 0.325. The van der Waals surface area contributed by atoms with E-state index in [1.165, 1.54) is 52.5 Å². The van der Waals surface area contributed by atoms with Crippen LogP contribution in [-0.2, 0) is 0 Å². The number of likely N-dealkylation sites (tertiary alicyclic amines) is 1. The van der Waals surface area contributed by atoms with Crippen LogP contribution in [0.1, 0.15) is 37.3 Å². The third-order valence-corrected chi connectivity index (χ3v) is 7.10. The van der Waals surface area contributed by atoms with Crippen molar-refractivity contribution in [3.63, 3.8) is 0 Å². The molecule has 2 heterocycles. The van der Waals surface area contributed by atoms with Gasteiger partial charge in [0.1, 0.15) is 0 Å². The monoisotopic (exact) mass is 435 g/mol. The van der Waals surface area contributed by atoms with Crippen molar-refractivity contribution in [1.29, 1.82) is 0 Å². The van der Waals surface area contributed by atoms with E-state index >= 15 is 0 Å². The molecule has 168 valence electrons. The number of fused-ring (bicyclic) bond motifs is 2. The number of allylic oxidation sites excluding steroid dienone is 1. The normalized spacial score (nSPS) is 15.9. The number of nitrogens with zero attached hydrogens (tertiary/aromatic N) is 3. The summed E-state index contributed by atoms with van der Waals surface area (Å²) in [5, 5.41) is 2.47. The minimum absolute atomic E-state index is 0.910. The van der Waals surface area contributed by atoms with E-state index in [0.717, 1.165) is 36.7 Å². The van der Waals surface area contributed by atoms with Crippen molar-refractivity contribution in [2.45, 2.75) is 26.2 Å². The number of likely N-dealkylation sites (N-methyl/N-ethyl adjacent to an activating group) is 1. The Morgan fingerprint density at radius 1 is 0.970 bits per heavy atom. The van der Waals surface area contributed by atoms with Gasteiger partial charge in [-0.2, -0.15) is 0 Å². The summed E-state index contributed by atoms with van der Waals surface area (Å²) in [5.74, 6) is 0. The molecule has 0 unspecified atom stereocenters. The minimum Gasteiger partial charge on any atom is -0.371 e. The van der Waals surface area contributed by atoms with Crippen molar-refractivity contribution in [2.24, 2.45) is 0 Å². The van der Waals surface area contributed by atoms with Crippen molar-refractivity contribution in [2.75, 3.05) is 36.5 Å². The Labute approximate surface area is 197 Å². The van der Waals surface area contributed by atoms with Crippen LogP contribution in [-0.4, -0.2) is 31.6 Å². The first-order chi connectivity index (χ1) is 16.1. The third kappa shape index (κ3) is 3.82. The first-order valence-electron chi connectivity index (χ1n) is 12.1. The van der Waals surface area contributed by atoms with Gasteiger partial charge in [0.25, 0.3) is 0 Å². The van der Waals surface area contributed by atoms with E-state index in [9.17, 15) is 0 Å². The molecule has 0 radical (unpaired) electrons. The van der Waals surface area contributed by atoms with Gasteiger partial charge in [0.2, 0.25) is 0 Å². The molecule has 0 spiro atoms. The Morgan fingerprint density at radius 3 is 2.52 bits per heavy atom. The summed E-state index contributed by atoms with van der Waals surface area (Å²) in [4.78, 5) is 7.07. The van der Waals surface area contributed by atoms with E-state index in [1.54, 1.807) is 0 Å². The van der Waals surface area contributed by atoms with Gasteiger partial charge in [-0.15, -0.1) is 0 Å². The zero-order chi connectivity index (χ0) is 22.9. The van der Waals surface area contributed by atoms with E-state index in [4.69, 9.17) is 0 Å². The highest BCUT2D eigenvalue weighted by atomic mass is 15.2. The average Bonchev–Trinajstić information content (AvgIpc) is 2.87. The number of benzene rings is 3. The topological polar surface area (TPSA) is 9.72 Å². The van der Waals surface area contributed by atoms with Gasteiger partial charge in [-0.05, 0) is 61.2 Å². The third-order valence-electron chi connectivity index (χ3n) is 7.10. The van der Waals surface area contributed by atoms with Gasteiger partial charge >= 0.3 is 0 Å². The summed E-state index contributed by atoms with van der Waals surface area (Å²) in [6.45, 7) is 14.2. The van der Waals surface area contributed by atoms with Crippen LogP contribution in [0.3, 0.4) is 0 Å². The van der Waals surface area contributed by atoms with Crippen LogP contribution in [0.25, 0.3) is 22.2 Å². The van der Waals surface area contributed by atoms with Gasteiger partial charge in [-0.25, -0.2) is 0 Å². The molecule has 0 aromatic heterocycles. The van der Waals surface area contributed by atoms with E-state index in [2.05, 4.69) is 109 Å². The molecule has 3 aromatic carbocycles. The highest BCUT2D eigenvalue weighted by Crippen LogP contribution is 2.41. The highest BCUT2D eigenvalue weighted by molar-refractivity contribution is 5.97. The van der Waals surface area contributed by atoms with Crippen molar-refractivity contribution >= 4 is 33.5 Å². The smallest absolute Gasteiger partial charge is 0.0506 e. The second-order valence-electron chi connectivity index (χ2n) is 9.05. The number of hydrogen-bond acceptors (Lipinski definition) is 3. The van der Waals surface area contributed by atoms with Crippen molar-refractivity contribution in [3.05, 3.63) is 96.7 Å². The molecule has 5 rings (SSSR count). The van der Waals surface area contributed by atoms with Crippen molar-refractivity contribution < 1.29 is 0 Å². The van der Waals surface area contributed by atoms with Crippen LogP contribution in [0.15, 0.2) is 85.6 Å². The summed E-state index contributed by atoms with van der Waals surface area (Å²) < 4.78 is 0. The fourth-order valence-electron chi connectivity index (χ4n) is 5.22. The summed E-state index contributed by atoms with van der Waals surface area (Å²) in [6.07, 6.45) is 6.12. The molecule has 33 heavy (non-hydrogen) atoms. The number of piperidine rings is 1. The Kier molecular flexibility index (Phi) is 5.72. The molecular formula is C30H33N3. The first-order valence-corrected chi connectivity index (χ1v) is 12.1. The van der Waals surface area contributed by atoms with Gasteiger partial charge in [0, 0.05) is 60.6 Å². The van der Waals surface area contributed by atoms with Crippen LogP contribution >= 0.6 is 0 Å². The summed E-state index contributed by atoms with van der Waals surface area (Å²) in [6, 6.07) is 21.8. The fourth-order valence-corrected chi connectivity index (χ4v) is 5.22. The lowest BCUT2D eigenvalue weighted by Gasteiger charge is -2.38. The Balaban J connectivity index is 1.54. The Bertz CT molecular complexity index is 1240. The predicted molar refractivity (Wildman–Crippen MR) is 143 cm³/mol. The van der Waals surface area contributed by atoms with Crippen molar-refractivity contribution in [1.82, 2.24) is 4.90 Å². The standard InChI is InChI=1S/C30H33N3/c1-5-33-22(2)20-30(32-18-9-6-10-19-32)28-21-25(16-17-29(28)33)31(4)23(3)26-15-11-13-24-12-7-8-14-27(24)26/h7-8,11-17,20-21H,2-3,5-6,9-10,18-19H2,1,4H3. The van der Waals surface area contributed by atoms with Crippen LogP contribution in [0.2, 0.25) is 0 Å². The maximum atomic E-state index is 4.49. The fraction of sp³-hybridized carbons (Fsp3) is 0.267. The molecule has 0 atom stereocenters. The van der Waals surface area contributed by atoms with Crippen LogP contribution < -0.4 is 9.80 Å². The van der Waals surface area contributed by atoms with E-state index in [-0.39, 0.29) is 0 Å². The molecule has 0 bridgehead atoms. The number of anilines is 2. The number of hydrogen-bond donors (Lipinski definition) is 0. The SMILES string of the molecule is C=C(c1cccc2ccccc12)N(C)c1ccc2c(c1)C(N1CCCCC1)=CC(=C)N2CC. The molecule has 0 saturated carbocycles. The molecule has 3 nitrogen and oxygen atoms in total. The molecule has 0 N–H and O–H groups in total.